The number of ether oxygens (including phenoxy) is 6. The fourth-order valence-corrected chi connectivity index (χ4v) is 3.37. The largest absolute Gasteiger partial charge is 0.463 e. The molecule has 0 aromatic rings. The standard InChI is InChI=1S/C18H28O14/c1-6(20)27-5-10-14(13(25)15(17(26)30-10)28-7(2)21)32-18-16(29-8(3)22)12(24)11(23)9(4-19)31-18/h9-19,23-26H,4-5H2,1-3H3. The summed E-state index contributed by atoms with van der Waals surface area (Å²) in [6.07, 6.45) is -15.9. The van der Waals surface area contributed by atoms with E-state index in [-0.39, 0.29) is 0 Å². The summed E-state index contributed by atoms with van der Waals surface area (Å²) < 4.78 is 31.1. The van der Waals surface area contributed by atoms with Gasteiger partial charge in [-0.05, 0) is 0 Å². The molecule has 2 saturated heterocycles. The number of aliphatic hydroxyl groups is 5. The van der Waals surface area contributed by atoms with Crippen LogP contribution in [0.15, 0.2) is 0 Å². The number of aliphatic hydroxyl groups excluding tert-OH is 5. The summed E-state index contributed by atoms with van der Waals surface area (Å²) in [5.41, 5.74) is 0. The fraction of sp³-hybridized carbons (Fsp3) is 0.833. The topological polar surface area (TPSA) is 208 Å². The van der Waals surface area contributed by atoms with Crippen LogP contribution in [-0.2, 0) is 42.8 Å². The Morgan fingerprint density at radius 1 is 0.750 bits per heavy atom. The normalized spacial score (nSPS) is 39.8. The highest BCUT2D eigenvalue weighted by atomic mass is 16.7. The van der Waals surface area contributed by atoms with Gasteiger partial charge in [-0.2, -0.15) is 0 Å². The molecule has 5 N–H and O–H groups in total. The monoisotopic (exact) mass is 468 g/mol. The fourth-order valence-electron chi connectivity index (χ4n) is 3.37. The molecule has 2 aliphatic rings. The van der Waals surface area contributed by atoms with Gasteiger partial charge >= 0.3 is 17.9 Å². The molecular weight excluding hydrogens is 440 g/mol. The molecule has 0 aromatic heterocycles. The molecule has 0 saturated carbocycles. The highest BCUT2D eigenvalue weighted by Gasteiger charge is 2.53. The summed E-state index contributed by atoms with van der Waals surface area (Å²) in [7, 11) is 0. The lowest BCUT2D eigenvalue weighted by Crippen LogP contribution is -2.65. The van der Waals surface area contributed by atoms with E-state index in [9.17, 15) is 39.9 Å². The molecule has 10 unspecified atom stereocenters. The van der Waals surface area contributed by atoms with Crippen molar-refractivity contribution in [3.05, 3.63) is 0 Å². The van der Waals surface area contributed by atoms with Crippen LogP contribution < -0.4 is 0 Å². The molecule has 2 aliphatic heterocycles. The van der Waals surface area contributed by atoms with Gasteiger partial charge in [0.1, 0.15) is 43.2 Å². The highest BCUT2D eigenvalue weighted by Crippen LogP contribution is 2.31. The van der Waals surface area contributed by atoms with E-state index < -0.39 is 92.5 Å². The summed E-state index contributed by atoms with van der Waals surface area (Å²) in [6, 6.07) is 0. The van der Waals surface area contributed by atoms with Gasteiger partial charge < -0.3 is 54.0 Å². The van der Waals surface area contributed by atoms with E-state index in [2.05, 4.69) is 0 Å². The molecule has 32 heavy (non-hydrogen) atoms. The van der Waals surface area contributed by atoms with E-state index in [1.54, 1.807) is 0 Å². The third kappa shape index (κ3) is 6.32. The van der Waals surface area contributed by atoms with E-state index >= 15 is 0 Å². The Bertz CT molecular complexity index is 668. The molecule has 10 atom stereocenters. The minimum absolute atomic E-state index is 0.500. The van der Waals surface area contributed by atoms with E-state index in [1.807, 2.05) is 0 Å². The lowest BCUT2D eigenvalue weighted by molar-refractivity contribution is -0.356. The van der Waals surface area contributed by atoms with Crippen molar-refractivity contribution in [2.24, 2.45) is 0 Å². The minimum atomic E-state index is -1.80. The molecule has 0 aromatic carbocycles. The van der Waals surface area contributed by atoms with E-state index in [0.29, 0.717) is 0 Å². The lowest BCUT2D eigenvalue weighted by Gasteiger charge is -2.46. The second-order valence-electron chi connectivity index (χ2n) is 7.31. The first-order valence-corrected chi connectivity index (χ1v) is 9.73. The zero-order chi connectivity index (χ0) is 24.2. The summed E-state index contributed by atoms with van der Waals surface area (Å²) in [6.45, 7) is 1.94. The zero-order valence-electron chi connectivity index (χ0n) is 17.6. The van der Waals surface area contributed by atoms with Gasteiger partial charge in [0.15, 0.2) is 24.8 Å². The van der Waals surface area contributed by atoms with Crippen LogP contribution in [0.2, 0.25) is 0 Å². The van der Waals surface area contributed by atoms with Gasteiger partial charge in [-0.3, -0.25) is 14.4 Å². The SMILES string of the molecule is CC(=O)OCC1OC(O)C(OC(C)=O)C(O)C1OC1OC(CO)C(O)C(O)C1OC(C)=O. The van der Waals surface area contributed by atoms with E-state index in [1.165, 1.54) is 0 Å². The van der Waals surface area contributed by atoms with Crippen LogP contribution in [0, 0.1) is 0 Å². The molecule has 0 spiro atoms. The predicted octanol–water partition coefficient (Wildman–Crippen LogP) is -3.68. The third-order valence-electron chi connectivity index (χ3n) is 4.81. The van der Waals surface area contributed by atoms with Crippen LogP contribution in [0.3, 0.4) is 0 Å². The van der Waals surface area contributed by atoms with Gasteiger partial charge in [0, 0.05) is 20.8 Å². The minimum Gasteiger partial charge on any atom is -0.463 e. The number of esters is 3. The summed E-state index contributed by atoms with van der Waals surface area (Å²) >= 11 is 0. The molecule has 2 heterocycles. The summed E-state index contributed by atoms with van der Waals surface area (Å²) in [5, 5.41) is 50.6. The second-order valence-corrected chi connectivity index (χ2v) is 7.31. The second kappa shape index (κ2) is 11.3. The lowest BCUT2D eigenvalue weighted by atomic mass is 9.96. The number of rotatable bonds is 7. The smallest absolute Gasteiger partial charge is 0.303 e. The van der Waals surface area contributed by atoms with Crippen LogP contribution in [0.1, 0.15) is 20.8 Å². The van der Waals surface area contributed by atoms with E-state index in [4.69, 9.17) is 28.4 Å². The molecule has 184 valence electrons. The van der Waals surface area contributed by atoms with Crippen LogP contribution in [0.5, 0.6) is 0 Å². The van der Waals surface area contributed by atoms with Gasteiger partial charge in [0.05, 0.1) is 6.61 Å². The van der Waals surface area contributed by atoms with Gasteiger partial charge in [0.25, 0.3) is 0 Å². The molecule has 0 aliphatic carbocycles. The summed E-state index contributed by atoms with van der Waals surface area (Å²) in [5.74, 6) is -2.41. The summed E-state index contributed by atoms with van der Waals surface area (Å²) in [4.78, 5) is 34.0. The van der Waals surface area contributed by atoms with Crippen LogP contribution in [0.4, 0.5) is 0 Å². The zero-order valence-corrected chi connectivity index (χ0v) is 17.6. The molecular formula is C18H28O14. The Morgan fingerprint density at radius 2 is 1.34 bits per heavy atom. The van der Waals surface area contributed by atoms with Gasteiger partial charge in [-0.15, -0.1) is 0 Å². The maximum atomic E-state index is 11.5. The van der Waals surface area contributed by atoms with Crippen molar-refractivity contribution in [3.63, 3.8) is 0 Å². The molecule has 0 amide bonds. The number of carbonyl (C=O) groups is 3. The van der Waals surface area contributed by atoms with Crippen molar-refractivity contribution >= 4 is 17.9 Å². The Morgan fingerprint density at radius 3 is 1.88 bits per heavy atom. The van der Waals surface area contributed by atoms with Crippen LogP contribution in [0.25, 0.3) is 0 Å². The number of hydrogen-bond donors (Lipinski definition) is 5. The Balaban J connectivity index is 2.32. The molecule has 14 heteroatoms. The first-order chi connectivity index (χ1) is 15.0. The quantitative estimate of drug-likeness (QED) is 0.180. The number of carbonyl (C=O) groups excluding carboxylic acids is 3. The average molecular weight is 468 g/mol. The van der Waals surface area contributed by atoms with Crippen molar-refractivity contribution in [1.82, 2.24) is 0 Å². The molecule has 0 radical (unpaired) electrons. The Labute approximate surface area is 182 Å². The maximum Gasteiger partial charge on any atom is 0.303 e. The third-order valence-corrected chi connectivity index (χ3v) is 4.81. The van der Waals surface area contributed by atoms with Crippen molar-refractivity contribution in [3.8, 4) is 0 Å². The van der Waals surface area contributed by atoms with Gasteiger partial charge in [-0.25, -0.2) is 0 Å². The van der Waals surface area contributed by atoms with E-state index in [0.717, 1.165) is 20.8 Å². The van der Waals surface area contributed by atoms with Crippen molar-refractivity contribution in [2.75, 3.05) is 13.2 Å². The van der Waals surface area contributed by atoms with Crippen molar-refractivity contribution in [2.45, 2.75) is 82.2 Å². The van der Waals surface area contributed by atoms with Crippen molar-refractivity contribution < 1.29 is 68.3 Å². The van der Waals surface area contributed by atoms with Gasteiger partial charge in [-0.1, -0.05) is 0 Å². The highest BCUT2D eigenvalue weighted by molar-refractivity contribution is 5.66. The molecule has 2 fully saturated rings. The van der Waals surface area contributed by atoms with Gasteiger partial charge in [0.2, 0.25) is 0 Å². The maximum absolute atomic E-state index is 11.5. The first kappa shape index (κ1) is 26.3. The first-order valence-electron chi connectivity index (χ1n) is 9.73. The molecule has 2 rings (SSSR count). The predicted molar refractivity (Wildman–Crippen MR) is 97.3 cm³/mol. The van der Waals surface area contributed by atoms with Crippen molar-refractivity contribution in [1.29, 1.82) is 0 Å². The van der Waals surface area contributed by atoms with Crippen LogP contribution >= 0.6 is 0 Å². The molecule has 0 bridgehead atoms. The molecule has 14 nitrogen and oxygen atoms in total. The Kier molecular flexibility index (Phi) is 9.29. The average Bonchev–Trinajstić information content (AvgIpc) is 2.70. The van der Waals surface area contributed by atoms with Crippen LogP contribution in [-0.4, -0.2) is 118 Å². The number of hydrogen-bond acceptors (Lipinski definition) is 14. The Hall–Kier alpha value is -1.91.